The van der Waals surface area contributed by atoms with E-state index in [2.05, 4.69) is 4.99 Å². The molecule has 2 N–H and O–H groups in total. The normalized spacial score (nSPS) is 11.9. The fourth-order valence-corrected chi connectivity index (χ4v) is 3.39. The van der Waals surface area contributed by atoms with E-state index in [1.807, 2.05) is 38.1 Å². The van der Waals surface area contributed by atoms with Gasteiger partial charge in [0, 0.05) is 12.1 Å². The maximum absolute atomic E-state index is 11.7. The molecule has 2 rings (SSSR count). The van der Waals surface area contributed by atoms with Gasteiger partial charge in [-0.3, -0.25) is 4.99 Å². The van der Waals surface area contributed by atoms with E-state index >= 15 is 0 Å². The Morgan fingerprint density at radius 1 is 1.07 bits per heavy atom. The van der Waals surface area contributed by atoms with Crippen molar-refractivity contribution in [1.82, 2.24) is 0 Å². The van der Waals surface area contributed by atoms with Crippen molar-refractivity contribution in [3.63, 3.8) is 0 Å². The van der Waals surface area contributed by atoms with Crippen LogP contribution in [0.15, 0.2) is 52.4 Å². The molecule has 152 valence electrons. The highest BCUT2D eigenvalue weighted by Crippen LogP contribution is 2.26. The average molecular weight is 407 g/mol. The van der Waals surface area contributed by atoms with Crippen LogP contribution >= 0.6 is 0 Å². The van der Waals surface area contributed by atoms with Gasteiger partial charge in [0.1, 0.15) is 17.3 Å². The van der Waals surface area contributed by atoms with Crippen LogP contribution in [0, 0.1) is 0 Å². The maximum atomic E-state index is 11.7. The lowest BCUT2D eigenvalue weighted by atomic mass is 10.1. The first-order chi connectivity index (χ1) is 13.3. The van der Waals surface area contributed by atoms with E-state index in [0.717, 1.165) is 11.3 Å². The number of primary sulfonamides is 1. The number of nitrogens with two attached hydrogens (primary N) is 1. The number of hydrogen-bond acceptors (Lipinski definition) is 6. The van der Waals surface area contributed by atoms with Crippen LogP contribution < -0.4 is 19.3 Å². The summed E-state index contributed by atoms with van der Waals surface area (Å²) in [5.41, 5.74) is 1.64. The summed E-state index contributed by atoms with van der Waals surface area (Å²) >= 11 is 0. The van der Waals surface area contributed by atoms with E-state index in [0.29, 0.717) is 37.7 Å². The summed E-state index contributed by atoms with van der Waals surface area (Å²) in [6, 6.07) is 12.4. The first-order valence-electron chi connectivity index (χ1n) is 8.89. The van der Waals surface area contributed by atoms with Gasteiger partial charge in [0.15, 0.2) is 11.5 Å². The average Bonchev–Trinajstić information content (AvgIpc) is 2.66. The van der Waals surface area contributed by atoms with Gasteiger partial charge < -0.3 is 14.2 Å². The fourth-order valence-electron chi connectivity index (χ4n) is 2.64. The molecule has 0 saturated heterocycles. The summed E-state index contributed by atoms with van der Waals surface area (Å²) in [6.07, 6.45) is 0.502. The summed E-state index contributed by atoms with van der Waals surface area (Å²) in [7, 11) is -2.46. The molecule has 0 heterocycles. The number of para-hydroxylation sites is 2. The van der Waals surface area contributed by atoms with Gasteiger partial charge in [-0.2, -0.15) is 0 Å². The second-order valence-electron chi connectivity index (χ2n) is 6.05. The molecule has 0 unspecified atom stereocenters. The molecule has 28 heavy (non-hydrogen) atoms. The van der Waals surface area contributed by atoms with Crippen LogP contribution in [0.3, 0.4) is 0 Å². The third-order valence-electron chi connectivity index (χ3n) is 3.87. The largest absolute Gasteiger partial charge is 0.495 e. The molecule has 0 aliphatic rings. The highest BCUT2D eigenvalue weighted by Gasteiger charge is 2.15. The topological polar surface area (TPSA) is 100 Å². The standard InChI is InChI=1S/C20H26N2O5S/c1-4-26-17-7-5-6-8-18(17)27-12-11-22-15(2)13-16-9-10-19(25-3)20(14-16)28(21,23)24/h5-10,14H,4,11-13H2,1-3H3,(H2,21,23,24)/b22-15+. The minimum absolute atomic E-state index is 0.0313. The summed E-state index contributed by atoms with van der Waals surface area (Å²) in [4.78, 5) is 4.45. The maximum Gasteiger partial charge on any atom is 0.241 e. The smallest absolute Gasteiger partial charge is 0.241 e. The molecule has 0 aliphatic carbocycles. The minimum Gasteiger partial charge on any atom is -0.495 e. The third kappa shape index (κ3) is 6.24. The Kier molecular flexibility index (Phi) is 7.83. The highest BCUT2D eigenvalue weighted by atomic mass is 32.2. The zero-order chi connectivity index (χ0) is 20.6. The first-order valence-corrected chi connectivity index (χ1v) is 10.4. The van der Waals surface area contributed by atoms with Crippen LogP contribution in [-0.4, -0.2) is 41.0 Å². The molecule has 0 spiro atoms. The van der Waals surface area contributed by atoms with Crippen LogP contribution in [-0.2, 0) is 16.4 Å². The highest BCUT2D eigenvalue weighted by molar-refractivity contribution is 7.89. The van der Waals surface area contributed by atoms with Crippen molar-refractivity contribution in [3.05, 3.63) is 48.0 Å². The van der Waals surface area contributed by atoms with E-state index in [1.165, 1.54) is 13.2 Å². The minimum atomic E-state index is -3.86. The fraction of sp³-hybridized carbons (Fsp3) is 0.350. The monoisotopic (exact) mass is 406 g/mol. The van der Waals surface area contributed by atoms with Crippen LogP contribution in [0.25, 0.3) is 0 Å². The number of aliphatic imine (C=N–C) groups is 1. The number of hydrogen-bond donors (Lipinski definition) is 1. The van der Waals surface area contributed by atoms with Gasteiger partial charge in [-0.05, 0) is 43.7 Å². The van der Waals surface area contributed by atoms with Crippen molar-refractivity contribution < 1.29 is 22.6 Å². The predicted octanol–water partition coefficient (Wildman–Crippen LogP) is 2.82. The molecule has 8 heteroatoms. The summed E-state index contributed by atoms with van der Waals surface area (Å²) in [5.74, 6) is 1.62. The molecule has 2 aromatic rings. The SMILES string of the molecule is CCOc1ccccc1OCC/N=C(\C)Cc1ccc(OC)c(S(N)(=O)=O)c1. The second kappa shape index (κ2) is 10.1. The van der Waals surface area contributed by atoms with Gasteiger partial charge in [-0.15, -0.1) is 0 Å². The van der Waals surface area contributed by atoms with Crippen molar-refractivity contribution in [1.29, 1.82) is 0 Å². The Bertz CT molecular complexity index is 926. The van der Waals surface area contributed by atoms with Gasteiger partial charge in [-0.25, -0.2) is 13.6 Å². The Balaban J connectivity index is 1.96. The van der Waals surface area contributed by atoms with Gasteiger partial charge >= 0.3 is 0 Å². The second-order valence-corrected chi connectivity index (χ2v) is 7.58. The molecule has 0 atom stereocenters. The van der Waals surface area contributed by atoms with Crippen molar-refractivity contribution >= 4 is 15.7 Å². The summed E-state index contributed by atoms with van der Waals surface area (Å²) < 4.78 is 39.7. The Hall–Kier alpha value is -2.58. The van der Waals surface area contributed by atoms with Crippen molar-refractivity contribution in [2.24, 2.45) is 10.1 Å². The lowest BCUT2D eigenvalue weighted by Gasteiger charge is -2.11. The molecule has 0 radical (unpaired) electrons. The van der Waals surface area contributed by atoms with Crippen LogP contribution in [0.5, 0.6) is 17.2 Å². The van der Waals surface area contributed by atoms with Crippen molar-refractivity contribution in [2.45, 2.75) is 25.2 Å². The summed E-state index contributed by atoms with van der Waals surface area (Å²) in [6.45, 7) is 5.26. The molecular formula is C20H26N2O5S. The molecule has 0 fully saturated rings. The number of nitrogens with zero attached hydrogens (tertiary/aromatic N) is 1. The number of sulfonamides is 1. The lowest BCUT2D eigenvalue weighted by Crippen LogP contribution is -2.14. The van der Waals surface area contributed by atoms with E-state index in [-0.39, 0.29) is 10.6 Å². The molecule has 0 aromatic heterocycles. The number of methoxy groups -OCH3 is 1. The first kappa shape index (κ1) is 21.7. The van der Waals surface area contributed by atoms with E-state index in [9.17, 15) is 8.42 Å². The molecule has 7 nitrogen and oxygen atoms in total. The molecule has 0 saturated carbocycles. The van der Waals surface area contributed by atoms with Gasteiger partial charge in [0.25, 0.3) is 0 Å². The molecule has 0 amide bonds. The van der Waals surface area contributed by atoms with Crippen molar-refractivity contribution in [3.8, 4) is 17.2 Å². The van der Waals surface area contributed by atoms with Crippen LogP contribution in [0.2, 0.25) is 0 Å². The Labute approximate surface area is 166 Å². The van der Waals surface area contributed by atoms with Crippen LogP contribution in [0.1, 0.15) is 19.4 Å². The number of rotatable bonds is 10. The number of ether oxygens (including phenoxy) is 3. The zero-order valence-corrected chi connectivity index (χ0v) is 17.2. The quantitative estimate of drug-likeness (QED) is 0.483. The van der Waals surface area contributed by atoms with Gasteiger partial charge in [0.2, 0.25) is 10.0 Å². The van der Waals surface area contributed by atoms with Crippen molar-refractivity contribution in [2.75, 3.05) is 26.9 Å². The molecular weight excluding hydrogens is 380 g/mol. The Morgan fingerprint density at radius 2 is 1.75 bits per heavy atom. The molecule has 2 aromatic carbocycles. The van der Waals surface area contributed by atoms with E-state index < -0.39 is 10.0 Å². The third-order valence-corrected chi connectivity index (χ3v) is 4.81. The van der Waals surface area contributed by atoms with E-state index in [1.54, 1.807) is 12.1 Å². The Morgan fingerprint density at radius 3 is 2.36 bits per heavy atom. The zero-order valence-electron chi connectivity index (χ0n) is 16.3. The summed E-state index contributed by atoms with van der Waals surface area (Å²) in [5, 5.41) is 5.26. The molecule has 0 bridgehead atoms. The predicted molar refractivity (Wildman–Crippen MR) is 109 cm³/mol. The molecule has 0 aliphatic heterocycles. The lowest BCUT2D eigenvalue weighted by molar-refractivity contribution is 0.283. The van der Waals surface area contributed by atoms with E-state index in [4.69, 9.17) is 19.3 Å². The number of benzene rings is 2. The van der Waals surface area contributed by atoms with Gasteiger partial charge in [-0.1, -0.05) is 18.2 Å². The van der Waals surface area contributed by atoms with Crippen LogP contribution in [0.4, 0.5) is 0 Å². The van der Waals surface area contributed by atoms with Gasteiger partial charge in [0.05, 0.1) is 20.3 Å².